The summed E-state index contributed by atoms with van der Waals surface area (Å²) in [4.78, 5) is 24.1. The number of hydrogen-bond acceptors (Lipinski definition) is 4. The van der Waals surface area contributed by atoms with Gasteiger partial charge in [-0.15, -0.1) is 0 Å². The Morgan fingerprint density at radius 3 is 2.34 bits per heavy atom. The summed E-state index contributed by atoms with van der Waals surface area (Å²) in [6, 6.07) is 12.6. The standard InChI is InChI=1S/C25H26F2N4O/c1-17-22(25(32)29-14-18-5-9-20(26)10-6-18)15-28-24(30-17)23-4-2-3-13-31(23)16-19-7-11-21(27)12-8-19/h5-12,15,23H,2-4,13-14,16H2,1H3,(H,29,32)/t23-/m1/s1. The lowest BCUT2D eigenvalue weighted by Crippen LogP contribution is -2.34. The van der Waals surface area contributed by atoms with Crippen LogP contribution in [0.2, 0.25) is 0 Å². The molecule has 1 amide bonds. The number of amides is 1. The van der Waals surface area contributed by atoms with Gasteiger partial charge in [-0.05, 0) is 61.7 Å². The Labute approximate surface area is 186 Å². The molecule has 2 aromatic carbocycles. The summed E-state index contributed by atoms with van der Waals surface area (Å²) in [5.74, 6) is -0.100. The lowest BCUT2D eigenvalue weighted by atomic mass is 10.00. The van der Waals surface area contributed by atoms with Gasteiger partial charge >= 0.3 is 0 Å². The van der Waals surface area contributed by atoms with Crippen LogP contribution in [-0.4, -0.2) is 27.3 Å². The zero-order chi connectivity index (χ0) is 22.5. The highest BCUT2D eigenvalue weighted by Gasteiger charge is 2.27. The summed E-state index contributed by atoms with van der Waals surface area (Å²) in [5.41, 5.74) is 2.91. The van der Waals surface area contributed by atoms with E-state index in [0.717, 1.165) is 36.9 Å². The molecule has 5 nitrogen and oxygen atoms in total. The second kappa shape index (κ2) is 9.96. The smallest absolute Gasteiger partial charge is 0.254 e. The van der Waals surface area contributed by atoms with Crippen LogP contribution in [0.4, 0.5) is 8.78 Å². The maximum Gasteiger partial charge on any atom is 0.254 e. The highest BCUT2D eigenvalue weighted by molar-refractivity contribution is 5.94. The Morgan fingerprint density at radius 1 is 1.03 bits per heavy atom. The fourth-order valence-corrected chi connectivity index (χ4v) is 4.05. The van der Waals surface area contributed by atoms with Crippen molar-refractivity contribution in [2.75, 3.05) is 6.54 Å². The van der Waals surface area contributed by atoms with Crippen LogP contribution >= 0.6 is 0 Å². The Kier molecular flexibility index (Phi) is 6.85. The fourth-order valence-electron chi connectivity index (χ4n) is 4.05. The van der Waals surface area contributed by atoms with E-state index < -0.39 is 0 Å². The number of benzene rings is 2. The van der Waals surface area contributed by atoms with Crippen LogP contribution in [0.1, 0.15) is 58.3 Å². The van der Waals surface area contributed by atoms with Crippen LogP contribution in [0.25, 0.3) is 0 Å². The van der Waals surface area contributed by atoms with Crippen molar-refractivity contribution >= 4 is 5.91 Å². The molecular weight excluding hydrogens is 410 g/mol. The van der Waals surface area contributed by atoms with E-state index in [-0.39, 0.29) is 23.6 Å². The number of aryl methyl sites for hydroxylation is 1. The molecule has 0 saturated carbocycles. The molecule has 166 valence electrons. The molecule has 7 heteroatoms. The van der Waals surface area contributed by atoms with Crippen LogP contribution < -0.4 is 5.32 Å². The molecule has 32 heavy (non-hydrogen) atoms. The van der Waals surface area contributed by atoms with E-state index in [0.29, 0.717) is 30.2 Å². The number of halogens is 2. The van der Waals surface area contributed by atoms with Gasteiger partial charge in [0, 0.05) is 19.3 Å². The molecule has 1 aliphatic heterocycles. The minimum absolute atomic E-state index is 0.0591. The number of nitrogens with zero attached hydrogens (tertiary/aromatic N) is 3. The van der Waals surface area contributed by atoms with Crippen LogP contribution in [0.5, 0.6) is 0 Å². The molecule has 1 atom stereocenters. The number of piperidine rings is 1. The van der Waals surface area contributed by atoms with Crippen molar-refractivity contribution in [1.29, 1.82) is 0 Å². The van der Waals surface area contributed by atoms with E-state index in [1.165, 1.54) is 24.3 Å². The first kappa shape index (κ1) is 22.0. The first-order chi connectivity index (χ1) is 15.5. The third-order valence-electron chi connectivity index (χ3n) is 5.82. The number of carbonyl (C=O) groups excluding carboxylic acids is 1. The van der Waals surface area contributed by atoms with Crippen molar-refractivity contribution in [1.82, 2.24) is 20.2 Å². The SMILES string of the molecule is Cc1nc([C@H]2CCCCN2Cc2ccc(F)cc2)ncc1C(=O)NCc1ccc(F)cc1. The van der Waals surface area contributed by atoms with E-state index in [1.54, 1.807) is 18.3 Å². The van der Waals surface area contributed by atoms with Crippen LogP contribution in [0.15, 0.2) is 54.7 Å². The summed E-state index contributed by atoms with van der Waals surface area (Å²) in [6.45, 7) is 3.73. The molecule has 3 aromatic rings. The largest absolute Gasteiger partial charge is 0.348 e. The van der Waals surface area contributed by atoms with E-state index in [4.69, 9.17) is 0 Å². The van der Waals surface area contributed by atoms with Crippen LogP contribution in [0, 0.1) is 18.6 Å². The highest BCUT2D eigenvalue weighted by Crippen LogP contribution is 2.30. The monoisotopic (exact) mass is 436 g/mol. The number of rotatable bonds is 6. The Hall–Kier alpha value is -3.19. The molecule has 0 bridgehead atoms. The molecule has 0 spiro atoms. The van der Waals surface area contributed by atoms with Gasteiger partial charge in [-0.1, -0.05) is 30.7 Å². The molecule has 0 aliphatic carbocycles. The van der Waals surface area contributed by atoms with Gasteiger partial charge in [0.25, 0.3) is 5.91 Å². The van der Waals surface area contributed by atoms with E-state index in [1.807, 2.05) is 19.1 Å². The van der Waals surface area contributed by atoms with Crippen molar-refractivity contribution in [2.24, 2.45) is 0 Å². The molecular formula is C25H26F2N4O. The summed E-state index contributed by atoms with van der Waals surface area (Å²) in [6.07, 6.45) is 4.71. The lowest BCUT2D eigenvalue weighted by molar-refractivity contribution is 0.0948. The van der Waals surface area contributed by atoms with Gasteiger partial charge in [0.05, 0.1) is 17.3 Å². The van der Waals surface area contributed by atoms with E-state index >= 15 is 0 Å². The lowest BCUT2D eigenvalue weighted by Gasteiger charge is -2.34. The molecule has 1 fully saturated rings. The Balaban J connectivity index is 1.45. The quantitative estimate of drug-likeness (QED) is 0.608. The Bertz CT molecular complexity index is 1070. The average molecular weight is 437 g/mol. The average Bonchev–Trinajstić information content (AvgIpc) is 2.80. The second-order valence-corrected chi connectivity index (χ2v) is 8.14. The van der Waals surface area contributed by atoms with E-state index in [2.05, 4.69) is 20.2 Å². The van der Waals surface area contributed by atoms with Gasteiger partial charge < -0.3 is 5.32 Å². The molecule has 1 N–H and O–H groups in total. The van der Waals surface area contributed by atoms with Crippen LogP contribution in [0.3, 0.4) is 0 Å². The molecule has 0 unspecified atom stereocenters. The second-order valence-electron chi connectivity index (χ2n) is 8.14. The predicted molar refractivity (Wildman–Crippen MR) is 118 cm³/mol. The van der Waals surface area contributed by atoms with Crippen LogP contribution in [-0.2, 0) is 13.1 Å². The summed E-state index contributed by atoms with van der Waals surface area (Å²) >= 11 is 0. The summed E-state index contributed by atoms with van der Waals surface area (Å²) in [5, 5.41) is 2.84. The van der Waals surface area contributed by atoms with Crippen molar-refractivity contribution in [3.05, 3.63) is 94.6 Å². The fraction of sp³-hybridized carbons (Fsp3) is 0.320. The molecule has 2 heterocycles. The molecule has 4 rings (SSSR count). The number of carbonyl (C=O) groups is 1. The molecule has 1 saturated heterocycles. The highest BCUT2D eigenvalue weighted by atomic mass is 19.1. The first-order valence-corrected chi connectivity index (χ1v) is 10.8. The van der Waals surface area contributed by atoms with E-state index in [9.17, 15) is 13.6 Å². The number of hydrogen-bond donors (Lipinski definition) is 1. The first-order valence-electron chi connectivity index (χ1n) is 10.8. The number of nitrogens with one attached hydrogen (secondary N) is 1. The third-order valence-corrected chi connectivity index (χ3v) is 5.82. The minimum Gasteiger partial charge on any atom is -0.348 e. The topological polar surface area (TPSA) is 58.1 Å². The van der Waals surface area contributed by atoms with Gasteiger partial charge in [0.1, 0.15) is 17.5 Å². The van der Waals surface area contributed by atoms with Gasteiger partial charge in [-0.3, -0.25) is 9.69 Å². The molecule has 1 aromatic heterocycles. The van der Waals surface area contributed by atoms with Crippen molar-refractivity contribution in [3.63, 3.8) is 0 Å². The normalized spacial score (nSPS) is 16.7. The van der Waals surface area contributed by atoms with Gasteiger partial charge in [0.2, 0.25) is 0 Å². The van der Waals surface area contributed by atoms with Crippen molar-refractivity contribution in [2.45, 2.75) is 45.3 Å². The van der Waals surface area contributed by atoms with Gasteiger partial charge in [0.15, 0.2) is 0 Å². The third kappa shape index (κ3) is 5.34. The number of aromatic nitrogens is 2. The molecule has 1 aliphatic rings. The van der Waals surface area contributed by atoms with Crippen molar-refractivity contribution in [3.8, 4) is 0 Å². The predicted octanol–water partition coefficient (Wildman–Crippen LogP) is 4.72. The summed E-state index contributed by atoms with van der Waals surface area (Å²) < 4.78 is 26.3. The zero-order valence-electron chi connectivity index (χ0n) is 18.0. The minimum atomic E-state index is -0.309. The van der Waals surface area contributed by atoms with Gasteiger partial charge in [-0.2, -0.15) is 0 Å². The maximum absolute atomic E-state index is 13.2. The summed E-state index contributed by atoms with van der Waals surface area (Å²) in [7, 11) is 0. The zero-order valence-corrected chi connectivity index (χ0v) is 18.0. The maximum atomic E-state index is 13.2. The van der Waals surface area contributed by atoms with Crippen molar-refractivity contribution < 1.29 is 13.6 Å². The van der Waals surface area contributed by atoms with Gasteiger partial charge in [-0.25, -0.2) is 18.7 Å². The molecule has 0 radical (unpaired) electrons. The number of likely N-dealkylation sites (tertiary alicyclic amines) is 1. The Morgan fingerprint density at radius 2 is 1.69 bits per heavy atom.